The summed E-state index contributed by atoms with van der Waals surface area (Å²) >= 11 is 0. The van der Waals surface area contributed by atoms with E-state index in [9.17, 15) is 0 Å². The Morgan fingerprint density at radius 3 is 2.71 bits per heavy atom. The fourth-order valence-corrected chi connectivity index (χ4v) is 2.62. The molecule has 1 fully saturated rings. The average Bonchev–Trinajstić information content (AvgIpc) is 2.52. The molecule has 1 heterocycles. The van der Waals surface area contributed by atoms with Crippen LogP contribution in [0.1, 0.15) is 37.8 Å². The molecule has 0 aliphatic heterocycles. The number of guanidine groups is 1. The van der Waals surface area contributed by atoms with E-state index in [2.05, 4.69) is 20.6 Å². The lowest BCUT2D eigenvalue weighted by molar-refractivity contribution is 0.410. The van der Waals surface area contributed by atoms with Crippen molar-refractivity contribution in [3.63, 3.8) is 0 Å². The van der Waals surface area contributed by atoms with E-state index in [4.69, 9.17) is 0 Å². The molecule has 0 bridgehead atoms. The molecule has 0 radical (unpaired) electrons. The van der Waals surface area contributed by atoms with Gasteiger partial charge in [-0.15, -0.1) is 0 Å². The Balaban J connectivity index is 1.86. The summed E-state index contributed by atoms with van der Waals surface area (Å²) < 4.78 is 0. The molecule has 116 valence electrons. The number of nitrogens with zero attached hydrogens (tertiary/aromatic N) is 3. The topological polar surface area (TPSA) is 52.6 Å². The molecule has 0 aromatic carbocycles. The van der Waals surface area contributed by atoms with Crippen LogP contribution in [0.25, 0.3) is 0 Å². The van der Waals surface area contributed by atoms with E-state index in [1.807, 2.05) is 44.2 Å². The Morgan fingerprint density at radius 2 is 2.05 bits per heavy atom. The third-order valence-electron chi connectivity index (χ3n) is 3.86. The highest BCUT2D eigenvalue weighted by Crippen LogP contribution is 2.17. The molecule has 1 saturated carbocycles. The lowest BCUT2D eigenvalue weighted by atomic mass is 9.96. The molecule has 0 atom stereocenters. The van der Waals surface area contributed by atoms with Crippen LogP contribution in [0.3, 0.4) is 0 Å². The molecule has 0 spiro atoms. The summed E-state index contributed by atoms with van der Waals surface area (Å²) in [6.07, 6.45) is 6.50. The summed E-state index contributed by atoms with van der Waals surface area (Å²) in [5.41, 5.74) is 1.02. The summed E-state index contributed by atoms with van der Waals surface area (Å²) in [5.74, 6) is 1.85. The highest BCUT2D eigenvalue weighted by atomic mass is 15.2. The lowest BCUT2D eigenvalue weighted by Gasteiger charge is -2.24. The van der Waals surface area contributed by atoms with Crippen LogP contribution in [0, 0.1) is 0 Å². The number of anilines is 1. The van der Waals surface area contributed by atoms with Gasteiger partial charge in [-0.2, -0.15) is 0 Å². The first kappa shape index (κ1) is 15.6. The van der Waals surface area contributed by atoms with Crippen molar-refractivity contribution in [3.05, 3.63) is 23.9 Å². The van der Waals surface area contributed by atoms with E-state index in [0.29, 0.717) is 12.6 Å². The quantitative estimate of drug-likeness (QED) is 0.659. The van der Waals surface area contributed by atoms with Crippen molar-refractivity contribution >= 4 is 11.8 Å². The fraction of sp³-hybridized carbons (Fsp3) is 0.625. The Morgan fingerprint density at radius 1 is 1.29 bits per heavy atom. The largest absolute Gasteiger partial charge is 0.363 e. The summed E-state index contributed by atoms with van der Waals surface area (Å²) in [4.78, 5) is 10.9. The van der Waals surface area contributed by atoms with E-state index >= 15 is 0 Å². The number of rotatable bonds is 4. The van der Waals surface area contributed by atoms with Gasteiger partial charge < -0.3 is 15.5 Å². The molecule has 5 heteroatoms. The zero-order chi connectivity index (χ0) is 15.1. The second-order valence-electron chi connectivity index (χ2n) is 5.79. The van der Waals surface area contributed by atoms with Crippen LogP contribution < -0.4 is 15.5 Å². The maximum atomic E-state index is 4.61. The molecule has 5 nitrogen and oxygen atoms in total. The first-order valence-corrected chi connectivity index (χ1v) is 7.79. The van der Waals surface area contributed by atoms with Gasteiger partial charge in [-0.25, -0.2) is 4.98 Å². The predicted molar refractivity (Wildman–Crippen MR) is 88.8 cm³/mol. The Kier molecular flexibility index (Phi) is 5.84. The minimum Gasteiger partial charge on any atom is -0.363 e. The van der Waals surface area contributed by atoms with Crippen molar-refractivity contribution in [3.8, 4) is 0 Å². The summed E-state index contributed by atoms with van der Waals surface area (Å²) in [6, 6.07) is 6.65. The van der Waals surface area contributed by atoms with E-state index in [0.717, 1.165) is 17.5 Å². The minimum atomic E-state index is 0.561. The second-order valence-corrected chi connectivity index (χ2v) is 5.79. The van der Waals surface area contributed by atoms with Gasteiger partial charge >= 0.3 is 0 Å². The molecular weight excluding hydrogens is 262 g/mol. The van der Waals surface area contributed by atoms with Crippen molar-refractivity contribution in [1.29, 1.82) is 0 Å². The van der Waals surface area contributed by atoms with Crippen LogP contribution in [0.5, 0.6) is 0 Å². The molecule has 0 unspecified atom stereocenters. The van der Waals surface area contributed by atoms with Gasteiger partial charge in [0.2, 0.25) is 0 Å². The number of pyridine rings is 1. The Labute approximate surface area is 127 Å². The van der Waals surface area contributed by atoms with E-state index in [1.165, 1.54) is 32.1 Å². The van der Waals surface area contributed by atoms with Crippen molar-refractivity contribution in [2.75, 3.05) is 26.0 Å². The number of aromatic nitrogens is 1. The third-order valence-corrected chi connectivity index (χ3v) is 3.86. The van der Waals surface area contributed by atoms with Crippen LogP contribution in [0.4, 0.5) is 5.82 Å². The van der Waals surface area contributed by atoms with Gasteiger partial charge in [0.25, 0.3) is 0 Å². The molecule has 2 N–H and O–H groups in total. The Bertz CT molecular complexity index is 463. The molecule has 1 aromatic rings. The van der Waals surface area contributed by atoms with Gasteiger partial charge in [-0.3, -0.25) is 4.99 Å². The molecule has 0 saturated heterocycles. The first-order chi connectivity index (χ1) is 10.2. The molecule has 2 rings (SSSR count). The van der Waals surface area contributed by atoms with Gasteiger partial charge in [0.05, 0.1) is 12.2 Å². The average molecular weight is 289 g/mol. The SMILES string of the molecule is CN=C(NCc1cccc(N(C)C)n1)NC1CCCCC1. The van der Waals surface area contributed by atoms with E-state index in [1.54, 1.807) is 0 Å². The molecule has 1 aliphatic rings. The molecule has 1 aliphatic carbocycles. The van der Waals surface area contributed by atoms with Crippen molar-refractivity contribution in [2.24, 2.45) is 4.99 Å². The van der Waals surface area contributed by atoms with E-state index < -0.39 is 0 Å². The van der Waals surface area contributed by atoms with E-state index in [-0.39, 0.29) is 0 Å². The van der Waals surface area contributed by atoms with Crippen LogP contribution in [0.15, 0.2) is 23.2 Å². The maximum Gasteiger partial charge on any atom is 0.191 e. The van der Waals surface area contributed by atoms with Crippen LogP contribution >= 0.6 is 0 Å². The van der Waals surface area contributed by atoms with Gasteiger partial charge in [-0.05, 0) is 25.0 Å². The highest BCUT2D eigenvalue weighted by molar-refractivity contribution is 5.79. The van der Waals surface area contributed by atoms with Gasteiger partial charge in [0, 0.05) is 27.2 Å². The highest BCUT2D eigenvalue weighted by Gasteiger charge is 2.14. The van der Waals surface area contributed by atoms with Crippen molar-refractivity contribution in [1.82, 2.24) is 15.6 Å². The second kappa shape index (κ2) is 7.86. The maximum absolute atomic E-state index is 4.61. The van der Waals surface area contributed by atoms with Gasteiger partial charge in [-0.1, -0.05) is 25.3 Å². The van der Waals surface area contributed by atoms with Crippen LogP contribution in [-0.4, -0.2) is 38.1 Å². The summed E-state index contributed by atoms with van der Waals surface area (Å²) in [5, 5.41) is 6.87. The van der Waals surface area contributed by atoms with Crippen LogP contribution in [0.2, 0.25) is 0 Å². The Hall–Kier alpha value is -1.78. The molecule has 0 amide bonds. The monoisotopic (exact) mass is 289 g/mol. The van der Waals surface area contributed by atoms with Crippen molar-refractivity contribution < 1.29 is 0 Å². The molecule has 21 heavy (non-hydrogen) atoms. The molecule has 1 aromatic heterocycles. The smallest absolute Gasteiger partial charge is 0.191 e. The lowest BCUT2D eigenvalue weighted by Crippen LogP contribution is -2.43. The standard InChI is InChI=1S/C16H27N5/c1-17-16(20-13-8-5-4-6-9-13)18-12-14-10-7-11-15(19-14)21(2)3/h7,10-11,13H,4-6,8-9,12H2,1-3H3,(H2,17,18,20). The molecular formula is C16H27N5. The number of hydrogen-bond acceptors (Lipinski definition) is 3. The zero-order valence-electron chi connectivity index (χ0n) is 13.4. The number of aliphatic imine (C=N–C) groups is 1. The normalized spacial score (nSPS) is 16.6. The first-order valence-electron chi connectivity index (χ1n) is 7.79. The summed E-state index contributed by atoms with van der Waals surface area (Å²) in [6.45, 7) is 0.689. The fourth-order valence-electron chi connectivity index (χ4n) is 2.62. The van der Waals surface area contributed by atoms with Gasteiger partial charge in [0.15, 0.2) is 5.96 Å². The summed E-state index contributed by atoms with van der Waals surface area (Å²) in [7, 11) is 5.83. The number of hydrogen-bond donors (Lipinski definition) is 2. The minimum absolute atomic E-state index is 0.561. The predicted octanol–water partition coefficient (Wildman–Crippen LogP) is 2.15. The van der Waals surface area contributed by atoms with Crippen molar-refractivity contribution in [2.45, 2.75) is 44.7 Å². The number of nitrogens with one attached hydrogen (secondary N) is 2. The van der Waals surface area contributed by atoms with Crippen LogP contribution in [-0.2, 0) is 6.54 Å². The zero-order valence-corrected chi connectivity index (χ0v) is 13.4. The van der Waals surface area contributed by atoms with Gasteiger partial charge in [0.1, 0.15) is 5.82 Å². The third kappa shape index (κ3) is 4.92.